The lowest BCUT2D eigenvalue weighted by molar-refractivity contribution is 0.596. The summed E-state index contributed by atoms with van der Waals surface area (Å²) in [4.78, 5) is 7.86. The standard InChI is InChI=1S/C13H9BrN4O2S2/c14-11-12(18-5-6-21-13(18)16-11)22(19,20)17-10-7-15-9-4-2-1-3-8(9)10/h1-7,15,17H. The Hall–Kier alpha value is -1.84. The molecule has 0 aliphatic heterocycles. The zero-order chi connectivity index (χ0) is 15.3. The van der Waals surface area contributed by atoms with Gasteiger partial charge >= 0.3 is 0 Å². The van der Waals surface area contributed by atoms with Gasteiger partial charge in [0, 0.05) is 28.7 Å². The fraction of sp³-hybridized carbons (Fsp3) is 0. The van der Waals surface area contributed by atoms with Crippen LogP contribution >= 0.6 is 27.3 Å². The third kappa shape index (κ3) is 2.04. The van der Waals surface area contributed by atoms with Gasteiger partial charge < -0.3 is 4.98 Å². The fourth-order valence-corrected chi connectivity index (χ4v) is 5.44. The number of anilines is 1. The quantitative estimate of drug-likeness (QED) is 0.556. The molecular weight excluding hydrogens is 388 g/mol. The van der Waals surface area contributed by atoms with E-state index in [2.05, 4.69) is 30.6 Å². The molecule has 0 spiro atoms. The van der Waals surface area contributed by atoms with Crippen LogP contribution in [0.2, 0.25) is 0 Å². The van der Waals surface area contributed by atoms with E-state index in [9.17, 15) is 8.42 Å². The Balaban J connectivity index is 1.84. The first-order chi connectivity index (χ1) is 10.6. The van der Waals surface area contributed by atoms with Gasteiger partial charge in [-0.05, 0) is 22.0 Å². The third-order valence-electron chi connectivity index (χ3n) is 3.27. The van der Waals surface area contributed by atoms with Crippen LogP contribution in [-0.4, -0.2) is 22.8 Å². The highest BCUT2D eigenvalue weighted by atomic mass is 79.9. The van der Waals surface area contributed by atoms with Crippen LogP contribution in [0, 0.1) is 0 Å². The first-order valence-electron chi connectivity index (χ1n) is 6.26. The summed E-state index contributed by atoms with van der Waals surface area (Å²) >= 11 is 4.60. The van der Waals surface area contributed by atoms with Gasteiger partial charge in [0.15, 0.2) is 9.99 Å². The van der Waals surface area contributed by atoms with Crippen LogP contribution in [0.3, 0.4) is 0 Å². The largest absolute Gasteiger partial charge is 0.359 e. The van der Waals surface area contributed by atoms with E-state index in [0.717, 1.165) is 10.9 Å². The average molecular weight is 397 g/mol. The van der Waals surface area contributed by atoms with Gasteiger partial charge in [0.1, 0.15) is 4.60 Å². The van der Waals surface area contributed by atoms with E-state index in [-0.39, 0.29) is 5.03 Å². The van der Waals surface area contributed by atoms with E-state index in [4.69, 9.17) is 0 Å². The second-order valence-corrected chi connectivity index (χ2v) is 7.84. The number of hydrogen-bond acceptors (Lipinski definition) is 4. The van der Waals surface area contributed by atoms with Crippen LogP contribution in [0.15, 0.2) is 51.7 Å². The Morgan fingerprint density at radius 3 is 3.00 bits per heavy atom. The van der Waals surface area contributed by atoms with Gasteiger partial charge in [0.25, 0.3) is 10.0 Å². The molecule has 4 rings (SSSR count). The van der Waals surface area contributed by atoms with Crippen molar-refractivity contribution < 1.29 is 8.42 Å². The fourth-order valence-electron chi connectivity index (χ4n) is 2.33. The van der Waals surface area contributed by atoms with Gasteiger partial charge in [-0.15, -0.1) is 11.3 Å². The van der Waals surface area contributed by atoms with Crippen molar-refractivity contribution in [1.82, 2.24) is 14.4 Å². The summed E-state index contributed by atoms with van der Waals surface area (Å²) < 4.78 is 29.9. The molecular formula is C13H9BrN4O2S2. The topological polar surface area (TPSA) is 79.3 Å². The predicted octanol–water partition coefficient (Wildman–Crippen LogP) is 3.44. The normalized spacial score (nSPS) is 12.2. The van der Waals surface area contributed by atoms with Crippen molar-refractivity contribution in [3.63, 3.8) is 0 Å². The molecule has 0 atom stereocenters. The van der Waals surface area contributed by atoms with E-state index >= 15 is 0 Å². The number of fused-ring (bicyclic) bond motifs is 2. The lowest BCUT2D eigenvalue weighted by Gasteiger charge is -2.06. The van der Waals surface area contributed by atoms with E-state index < -0.39 is 10.0 Å². The number of aromatic amines is 1. The zero-order valence-electron chi connectivity index (χ0n) is 10.9. The predicted molar refractivity (Wildman–Crippen MR) is 89.9 cm³/mol. The smallest absolute Gasteiger partial charge is 0.280 e. The summed E-state index contributed by atoms with van der Waals surface area (Å²) in [6.07, 6.45) is 3.32. The van der Waals surface area contributed by atoms with Gasteiger partial charge in [-0.3, -0.25) is 9.12 Å². The number of imidazole rings is 1. The molecule has 0 saturated heterocycles. The Morgan fingerprint density at radius 2 is 2.14 bits per heavy atom. The van der Waals surface area contributed by atoms with Crippen molar-refractivity contribution in [2.75, 3.05) is 4.72 Å². The molecule has 4 aromatic rings. The molecule has 22 heavy (non-hydrogen) atoms. The molecule has 3 aromatic heterocycles. The number of aromatic nitrogens is 3. The second kappa shape index (κ2) is 4.83. The van der Waals surface area contributed by atoms with Gasteiger partial charge in [-0.2, -0.15) is 8.42 Å². The SMILES string of the molecule is O=S(=O)(Nc1c[nH]c2ccccc12)c1c(Br)nc2sccn12. The van der Waals surface area contributed by atoms with Crippen molar-refractivity contribution >= 4 is 58.8 Å². The number of rotatable bonds is 3. The highest BCUT2D eigenvalue weighted by Gasteiger charge is 2.25. The molecule has 0 fully saturated rings. The minimum atomic E-state index is -3.77. The van der Waals surface area contributed by atoms with Gasteiger partial charge in [0.2, 0.25) is 0 Å². The minimum Gasteiger partial charge on any atom is -0.359 e. The highest BCUT2D eigenvalue weighted by Crippen LogP contribution is 2.29. The Labute approximate surface area is 138 Å². The zero-order valence-corrected chi connectivity index (χ0v) is 14.2. The summed E-state index contributed by atoms with van der Waals surface area (Å²) in [5.74, 6) is 0. The number of nitrogens with zero attached hydrogens (tertiary/aromatic N) is 2. The maximum atomic E-state index is 12.7. The Kier molecular flexibility index (Phi) is 3.03. The van der Waals surface area contributed by atoms with Gasteiger partial charge in [-0.1, -0.05) is 18.2 Å². The summed E-state index contributed by atoms with van der Waals surface area (Å²) in [6, 6.07) is 7.49. The van der Waals surface area contributed by atoms with E-state index in [1.165, 1.54) is 11.3 Å². The molecule has 1 aromatic carbocycles. The molecule has 2 N–H and O–H groups in total. The molecule has 0 amide bonds. The van der Waals surface area contributed by atoms with Crippen LogP contribution in [-0.2, 0) is 10.0 Å². The van der Waals surface area contributed by atoms with Gasteiger partial charge in [-0.25, -0.2) is 4.98 Å². The number of H-pyrrole nitrogens is 1. The van der Waals surface area contributed by atoms with Crippen LogP contribution in [0.1, 0.15) is 0 Å². The number of halogens is 1. The van der Waals surface area contributed by atoms with Crippen LogP contribution in [0.25, 0.3) is 15.9 Å². The third-order valence-corrected chi connectivity index (χ3v) is 6.23. The lowest BCUT2D eigenvalue weighted by Crippen LogP contribution is -2.15. The van der Waals surface area contributed by atoms with Crippen LogP contribution in [0.5, 0.6) is 0 Å². The summed E-state index contributed by atoms with van der Waals surface area (Å²) in [7, 11) is -3.77. The maximum absolute atomic E-state index is 12.7. The molecule has 112 valence electrons. The summed E-state index contributed by atoms with van der Waals surface area (Å²) in [6.45, 7) is 0. The highest BCUT2D eigenvalue weighted by molar-refractivity contribution is 9.10. The number of nitrogens with one attached hydrogen (secondary N) is 2. The molecule has 0 bridgehead atoms. The molecule has 6 nitrogen and oxygen atoms in total. The van der Waals surface area contributed by atoms with E-state index in [1.54, 1.807) is 22.2 Å². The molecule has 0 unspecified atom stereocenters. The maximum Gasteiger partial charge on any atom is 0.280 e. The Morgan fingerprint density at radius 1 is 1.32 bits per heavy atom. The molecule has 0 aliphatic carbocycles. The van der Waals surface area contributed by atoms with Crippen molar-refractivity contribution in [3.8, 4) is 0 Å². The summed E-state index contributed by atoms with van der Waals surface area (Å²) in [5.41, 5.74) is 1.38. The van der Waals surface area contributed by atoms with E-state index in [1.807, 2.05) is 24.3 Å². The molecule has 3 heterocycles. The van der Waals surface area contributed by atoms with Crippen molar-refractivity contribution in [2.24, 2.45) is 0 Å². The number of thiazole rings is 1. The number of para-hydroxylation sites is 1. The van der Waals surface area contributed by atoms with Crippen LogP contribution in [0.4, 0.5) is 5.69 Å². The molecule has 0 aliphatic rings. The lowest BCUT2D eigenvalue weighted by atomic mass is 10.2. The molecule has 9 heteroatoms. The second-order valence-electron chi connectivity index (χ2n) is 4.62. The Bertz CT molecular complexity index is 1090. The summed E-state index contributed by atoms with van der Waals surface area (Å²) in [5, 5.41) is 2.70. The average Bonchev–Trinajstić information content (AvgIpc) is 3.13. The minimum absolute atomic E-state index is 0.0917. The first kappa shape index (κ1) is 13.8. The van der Waals surface area contributed by atoms with Gasteiger partial charge in [0.05, 0.1) is 5.69 Å². The van der Waals surface area contributed by atoms with Crippen molar-refractivity contribution in [1.29, 1.82) is 0 Å². The number of benzene rings is 1. The first-order valence-corrected chi connectivity index (χ1v) is 9.42. The van der Waals surface area contributed by atoms with Crippen molar-refractivity contribution in [3.05, 3.63) is 46.6 Å². The molecule has 0 saturated carbocycles. The van der Waals surface area contributed by atoms with Crippen LogP contribution < -0.4 is 4.72 Å². The monoisotopic (exact) mass is 396 g/mol. The molecule has 0 radical (unpaired) electrons. The number of hydrogen-bond donors (Lipinski definition) is 2. The van der Waals surface area contributed by atoms with Crippen molar-refractivity contribution in [2.45, 2.75) is 5.03 Å². The van der Waals surface area contributed by atoms with E-state index in [0.29, 0.717) is 15.3 Å². The number of sulfonamides is 1.